The van der Waals surface area contributed by atoms with Crippen molar-refractivity contribution in [2.75, 3.05) is 7.05 Å². The average molecular weight is 294 g/mol. The quantitative estimate of drug-likeness (QED) is 0.916. The maximum atomic E-state index is 13.9. The minimum absolute atomic E-state index is 0.0836. The highest BCUT2D eigenvalue weighted by atomic mass is 19.1. The molecule has 2 aliphatic heterocycles. The zero-order valence-electron chi connectivity index (χ0n) is 12.8. The van der Waals surface area contributed by atoms with Crippen LogP contribution in [-0.4, -0.2) is 30.1 Å². The summed E-state index contributed by atoms with van der Waals surface area (Å²) in [6.07, 6.45) is 6.11. The van der Waals surface area contributed by atoms with Crippen molar-refractivity contribution in [3.8, 4) is 0 Å². The first-order chi connectivity index (χ1) is 10.0. The Balaban J connectivity index is 1.66. The maximum Gasteiger partial charge on any atom is 0.130 e. The van der Waals surface area contributed by atoms with E-state index in [0.717, 1.165) is 18.9 Å². The van der Waals surface area contributed by atoms with Gasteiger partial charge in [-0.2, -0.15) is 0 Å². The normalized spacial score (nSPS) is 31.1. The van der Waals surface area contributed by atoms with Crippen molar-refractivity contribution in [1.82, 2.24) is 10.2 Å². The molecule has 3 rings (SSSR count). The van der Waals surface area contributed by atoms with E-state index in [-0.39, 0.29) is 6.04 Å². The molecule has 0 aliphatic carbocycles. The van der Waals surface area contributed by atoms with E-state index in [4.69, 9.17) is 0 Å². The number of piperidine rings is 2. The second-order valence-electron chi connectivity index (χ2n) is 6.63. The van der Waals surface area contributed by atoms with Crippen molar-refractivity contribution >= 4 is 0 Å². The topological polar surface area (TPSA) is 15.3 Å². The molecule has 4 heteroatoms. The van der Waals surface area contributed by atoms with Crippen LogP contribution in [0.4, 0.5) is 8.78 Å². The van der Waals surface area contributed by atoms with Gasteiger partial charge in [0.2, 0.25) is 0 Å². The summed E-state index contributed by atoms with van der Waals surface area (Å²) in [6.45, 7) is 1.96. The minimum Gasteiger partial charge on any atom is -0.307 e. The van der Waals surface area contributed by atoms with Crippen molar-refractivity contribution in [2.24, 2.45) is 0 Å². The molecule has 0 spiro atoms. The fourth-order valence-electron chi connectivity index (χ4n) is 4.05. The average Bonchev–Trinajstić information content (AvgIpc) is 2.39. The first-order valence-corrected chi connectivity index (χ1v) is 7.97. The third-order valence-electron chi connectivity index (χ3n) is 5.25. The Hall–Kier alpha value is -1.00. The summed E-state index contributed by atoms with van der Waals surface area (Å²) in [5.41, 5.74) is 0.556. The summed E-state index contributed by atoms with van der Waals surface area (Å²) in [5.74, 6) is -0.972. The van der Waals surface area contributed by atoms with Gasteiger partial charge in [0.1, 0.15) is 11.6 Å². The van der Waals surface area contributed by atoms with Crippen molar-refractivity contribution < 1.29 is 8.78 Å². The molecule has 0 amide bonds. The molecule has 21 heavy (non-hydrogen) atoms. The molecular formula is C17H24F2N2. The summed E-state index contributed by atoms with van der Waals surface area (Å²) in [5, 5.41) is 3.56. The smallest absolute Gasteiger partial charge is 0.130 e. The second kappa shape index (κ2) is 6.01. The maximum absolute atomic E-state index is 13.9. The van der Waals surface area contributed by atoms with Crippen LogP contribution >= 0.6 is 0 Å². The molecule has 2 aliphatic rings. The van der Waals surface area contributed by atoms with Gasteiger partial charge in [0.05, 0.1) is 0 Å². The minimum atomic E-state index is -0.516. The number of hydrogen-bond donors (Lipinski definition) is 1. The lowest BCUT2D eigenvalue weighted by Gasteiger charge is -2.47. The van der Waals surface area contributed by atoms with Gasteiger partial charge in [-0.3, -0.25) is 0 Å². The SMILES string of the molecule is CC(NC1CC2CCCC(C1)N2C)c1ccc(F)cc1F. The molecule has 1 aromatic rings. The molecule has 0 radical (unpaired) electrons. The van der Waals surface area contributed by atoms with Crippen LogP contribution in [0.3, 0.4) is 0 Å². The first-order valence-electron chi connectivity index (χ1n) is 7.97. The van der Waals surface area contributed by atoms with E-state index >= 15 is 0 Å². The number of hydrogen-bond acceptors (Lipinski definition) is 2. The highest BCUT2D eigenvalue weighted by molar-refractivity contribution is 5.21. The largest absolute Gasteiger partial charge is 0.307 e. The van der Waals surface area contributed by atoms with Gasteiger partial charge in [-0.15, -0.1) is 0 Å². The molecule has 1 N–H and O–H groups in total. The first kappa shape index (κ1) is 14.9. The number of nitrogens with zero attached hydrogens (tertiary/aromatic N) is 1. The molecule has 2 bridgehead atoms. The van der Waals surface area contributed by atoms with Gasteiger partial charge in [-0.25, -0.2) is 8.78 Å². The second-order valence-corrected chi connectivity index (χ2v) is 6.63. The van der Waals surface area contributed by atoms with Crippen LogP contribution in [0.5, 0.6) is 0 Å². The molecule has 0 saturated carbocycles. The van der Waals surface area contributed by atoms with Gasteiger partial charge < -0.3 is 10.2 Å². The molecule has 2 fully saturated rings. The Kier molecular flexibility index (Phi) is 4.27. The van der Waals surface area contributed by atoms with Gasteiger partial charge in [-0.1, -0.05) is 12.5 Å². The van der Waals surface area contributed by atoms with Crippen molar-refractivity contribution in [3.05, 3.63) is 35.4 Å². The molecular weight excluding hydrogens is 270 g/mol. The van der Waals surface area contributed by atoms with Gasteiger partial charge in [0, 0.05) is 35.8 Å². The Morgan fingerprint density at radius 3 is 2.48 bits per heavy atom. The van der Waals surface area contributed by atoms with E-state index in [9.17, 15) is 8.78 Å². The Bertz CT molecular complexity index is 492. The van der Waals surface area contributed by atoms with Crippen LogP contribution in [-0.2, 0) is 0 Å². The van der Waals surface area contributed by atoms with E-state index in [1.807, 2.05) is 6.92 Å². The van der Waals surface area contributed by atoms with Crippen LogP contribution in [0.2, 0.25) is 0 Å². The lowest BCUT2D eigenvalue weighted by molar-refractivity contribution is 0.0462. The van der Waals surface area contributed by atoms with Crippen LogP contribution in [0.25, 0.3) is 0 Å². The lowest BCUT2D eigenvalue weighted by atomic mass is 9.82. The predicted octanol–water partition coefficient (Wildman–Crippen LogP) is 3.63. The third-order valence-corrected chi connectivity index (χ3v) is 5.25. The van der Waals surface area contributed by atoms with E-state index in [1.54, 1.807) is 6.07 Å². The Labute approximate surface area is 125 Å². The van der Waals surface area contributed by atoms with Crippen LogP contribution < -0.4 is 5.32 Å². The summed E-state index contributed by atoms with van der Waals surface area (Å²) in [7, 11) is 2.23. The van der Waals surface area contributed by atoms with Gasteiger partial charge >= 0.3 is 0 Å². The summed E-state index contributed by atoms with van der Waals surface area (Å²) in [4.78, 5) is 2.52. The van der Waals surface area contributed by atoms with Gasteiger partial charge in [0.15, 0.2) is 0 Å². The summed E-state index contributed by atoms with van der Waals surface area (Å²) >= 11 is 0. The third kappa shape index (κ3) is 3.11. The molecule has 1 aromatic carbocycles. The molecule has 2 saturated heterocycles. The highest BCUT2D eigenvalue weighted by Crippen LogP contribution is 2.33. The number of benzene rings is 1. The van der Waals surface area contributed by atoms with Crippen LogP contribution in [0.1, 0.15) is 50.6 Å². The zero-order valence-corrected chi connectivity index (χ0v) is 12.8. The molecule has 116 valence electrons. The molecule has 3 unspecified atom stereocenters. The fourth-order valence-corrected chi connectivity index (χ4v) is 4.05. The number of halogens is 2. The Morgan fingerprint density at radius 1 is 1.19 bits per heavy atom. The van der Waals surface area contributed by atoms with Crippen LogP contribution in [0.15, 0.2) is 18.2 Å². The highest BCUT2D eigenvalue weighted by Gasteiger charge is 2.36. The van der Waals surface area contributed by atoms with E-state index in [1.165, 1.54) is 25.3 Å². The van der Waals surface area contributed by atoms with Gasteiger partial charge in [0.25, 0.3) is 0 Å². The van der Waals surface area contributed by atoms with Crippen molar-refractivity contribution in [3.63, 3.8) is 0 Å². The molecule has 2 nitrogen and oxygen atoms in total. The number of fused-ring (bicyclic) bond motifs is 2. The summed E-state index contributed by atoms with van der Waals surface area (Å²) < 4.78 is 26.9. The van der Waals surface area contributed by atoms with Gasteiger partial charge in [-0.05, 0) is 45.7 Å². The van der Waals surface area contributed by atoms with E-state index < -0.39 is 11.6 Å². The Morgan fingerprint density at radius 2 is 1.86 bits per heavy atom. The van der Waals surface area contributed by atoms with E-state index in [0.29, 0.717) is 23.7 Å². The molecule has 2 heterocycles. The monoisotopic (exact) mass is 294 g/mol. The predicted molar refractivity (Wildman–Crippen MR) is 80.1 cm³/mol. The lowest BCUT2D eigenvalue weighted by Crippen LogP contribution is -2.54. The summed E-state index contributed by atoms with van der Waals surface area (Å²) in [6, 6.07) is 5.51. The van der Waals surface area contributed by atoms with E-state index in [2.05, 4.69) is 17.3 Å². The van der Waals surface area contributed by atoms with Crippen molar-refractivity contribution in [2.45, 2.75) is 63.2 Å². The zero-order chi connectivity index (χ0) is 15.0. The van der Waals surface area contributed by atoms with Crippen molar-refractivity contribution in [1.29, 1.82) is 0 Å². The number of rotatable bonds is 3. The fraction of sp³-hybridized carbons (Fsp3) is 0.647. The molecule has 0 aromatic heterocycles. The van der Waals surface area contributed by atoms with Crippen LogP contribution in [0, 0.1) is 11.6 Å². The molecule has 3 atom stereocenters. The number of nitrogens with one attached hydrogen (secondary N) is 1. The standard InChI is InChI=1S/C17H24F2N2/c1-11(16-7-6-12(18)8-17(16)19)20-13-9-14-4-3-5-15(10-13)21(14)2/h6-8,11,13-15,20H,3-5,9-10H2,1-2H3.